The second-order valence-corrected chi connectivity index (χ2v) is 6.80. The summed E-state index contributed by atoms with van der Waals surface area (Å²) in [7, 11) is 1.58. The molecule has 1 heterocycles. The van der Waals surface area contributed by atoms with Crippen molar-refractivity contribution >= 4 is 23.8 Å². The smallest absolute Gasteiger partial charge is 0.271 e. The Labute approximate surface area is 140 Å². The van der Waals surface area contributed by atoms with E-state index in [1.54, 1.807) is 7.05 Å². The normalized spacial score (nSPS) is 11.3. The van der Waals surface area contributed by atoms with Crippen LogP contribution in [0.15, 0.2) is 24.3 Å². The van der Waals surface area contributed by atoms with Crippen LogP contribution in [0.1, 0.15) is 52.9 Å². The Hall–Kier alpha value is -2.14. The summed E-state index contributed by atoms with van der Waals surface area (Å²) >= 11 is 6.00. The van der Waals surface area contributed by atoms with Gasteiger partial charge < -0.3 is 5.32 Å². The van der Waals surface area contributed by atoms with Crippen LogP contribution in [0.3, 0.4) is 0 Å². The third kappa shape index (κ3) is 3.79. The second-order valence-electron chi connectivity index (χ2n) is 6.42. The number of amides is 1. The summed E-state index contributed by atoms with van der Waals surface area (Å²) in [5, 5.41) is 6.76. The van der Waals surface area contributed by atoms with Crippen LogP contribution in [0.5, 0.6) is 0 Å². The van der Waals surface area contributed by atoms with Gasteiger partial charge in [0.25, 0.3) is 5.91 Å². The Morgan fingerprint density at radius 3 is 2.39 bits per heavy atom. The van der Waals surface area contributed by atoms with E-state index in [-0.39, 0.29) is 27.7 Å². The lowest BCUT2D eigenvalue weighted by Gasteiger charge is -2.19. The topological polar surface area (TPSA) is 64.0 Å². The molecule has 2 rings (SSSR count). The fourth-order valence-corrected chi connectivity index (χ4v) is 2.52. The molecule has 0 spiro atoms. The Morgan fingerprint density at radius 1 is 1.30 bits per heavy atom. The van der Waals surface area contributed by atoms with Crippen molar-refractivity contribution in [3.8, 4) is 0 Å². The number of benzene rings is 1. The van der Waals surface area contributed by atoms with E-state index in [1.165, 1.54) is 10.2 Å². The third-order valence-corrected chi connectivity index (χ3v) is 3.99. The number of hydrogen-bond acceptors (Lipinski definition) is 3. The van der Waals surface area contributed by atoms with Crippen LogP contribution in [-0.4, -0.2) is 22.0 Å². The first kappa shape index (κ1) is 17.2. The predicted octanol–water partition coefficient (Wildman–Crippen LogP) is 3.11. The van der Waals surface area contributed by atoms with Crippen molar-refractivity contribution in [1.29, 1.82) is 0 Å². The maximum Gasteiger partial charge on any atom is 0.271 e. The van der Waals surface area contributed by atoms with E-state index in [1.807, 2.05) is 12.1 Å². The van der Waals surface area contributed by atoms with Gasteiger partial charge in [0.1, 0.15) is 16.4 Å². The molecule has 0 bridgehead atoms. The molecule has 0 atom stereocenters. The van der Waals surface area contributed by atoms with E-state index in [0.717, 1.165) is 5.56 Å². The molecule has 0 radical (unpaired) electrons. The van der Waals surface area contributed by atoms with E-state index >= 15 is 0 Å². The maximum atomic E-state index is 12.2. The number of nitrogens with zero attached hydrogens (tertiary/aromatic N) is 2. The molecule has 0 aliphatic carbocycles. The first-order valence-corrected chi connectivity index (χ1v) is 7.67. The van der Waals surface area contributed by atoms with Gasteiger partial charge in [-0.3, -0.25) is 14.3 Å². The Balaban J connectivity index is 2.08. The molecular formula is C17H20ClN3O2. The summed E-state index contributed by atoms with van der Waals surface area (Å²) in [6.07, 6.45) is 0.532. The molecular weight excluding hydrogens is 314 g/mol. The molecule has 23 heavy (non-hydrogen) atoms. The number of aromatic nitrogens is 2. The van der Waals surface area contributed by atoms with Gasteiger partial charge in [0.05, 0.1) is 0 Å². The van der Waals surface area contributed by atoms with Crippen LogP contribution in [0.2, 0.25) is 5.02 Å². The molecule has 6 heteroatoms. The minimum Gasteiger partial charge on any atom is -0.347 e. The van der Waals surface area contributed by atoms with Crippen molar-refractivity contribution in [3.05, 3.63) is 51.8 Å². The third-order valence-electron chi connectivity index (χ3n) is 3.61. The van der Waals surface area contributed by atoms with Gasteiger partial charge >= 0.3 is 0 Å². The molecule has 0 saturated heterocycles. The summed E-state index contributed by atoms with van der Waals surface area (Å²) in [5.41, 5.74) is 2.56. The van der Waals surface area contributed by atoms with Crippen molar-refractivity contribution in [2.45, 2.75) is 32.7 Å². The standard InChI is InChI=1S/C17H20ClN3O2/c1-17(2,3)12-7-5-11(6-8-12)9-19-16(23)15-14(18)13(10-22)20-21(15)4/h5-8,10H,9H2,1-4H3,(H,19,23). The molecule has 0 aliphatic heterocycles. The molecule has 0 fully saturated rings. The molecule has 2 aromatic rings. The fraction of sp³-hybridized carbons (Fsp3) is 0.353. The average molecular weight is 334 g/mol. The monoisotopic (exact) mass is 333 g/mol. The van der Waals surface area contributed by atoms with Crippen LogP contribution >= 0.6 is 11.6 Å². The van der Waals surface area contributed by atoms with Crippen molar-refractivity contribution in [1.82, 2.24) is 15.1 Å². The molecule has 0 unspecified atom stereocenters. The van der Waals surface area contributed by atoms with Crippen molar-refractivity contribution < 1.29 is 9.59 Å². The number of rotatable bonds is 4. The zero-order valence-corrected chi connectivity index (χ0v) is 14.4. The Bertz CT molecular complexity index is 728. The minimum atomic E-state index is -0.363. The second kappa shape index (κ2) is 6.54. The molecule has 1 aromatic heterocycles. The lowest BCUT2D eigenvalue weighted by molar-refractivity contribution is 0.0941. The summed E-state index contributed by atoms with van der Waals surface area (Å²) in [5.74, 6) is -0.363. The Kier molecular flexibility index (Phi) is 4.90. The highest BCUT2D eigenvalue weighted by atomic mass is 35.5. The SMILES string of the molecule is Cn1nc(C=O)c(Cl)c1C(=O)NCc1ccc(C(C)(C)C)cc1. The van der Waals surface area contributed by atoms with E-state index in [9.17, 15) is 9.59 Å². The van der Waals surface area contributed by atoms with Crippen LogP contribution in [0.4, 0.5) is 0 Å². The van der Waals surface area contributed by atoms with Crippen LogP contribution in [0.25, 0.3) is 0 Å². The molecule has 1 amide bonds. The van der Waals surface area contributed by atoms with Gasteiger partial charge in [0.2, 0.25) is 0 Å². The van der Waals surface area contributed by atoms with Gasteiger partial charge in [-0.05, 0) is 16.5 Å². The van der Waals surface area contributed by atoms with E-state index in [0.29, 0.717) is 12.8 Å². The highest BCUT2D eigenvalue weighted by Crippen LogP contribution is 2.22. The van der Waals surface area contributed by atoms with Gasteiger partial charge in [-0.25, -0.2) is 0 Å². The highest BCUT2D eigenvalue weighted by Gasteiger charge is 2.20. The highest BCUT2D eigenvalue weighted by molar-refractivity contribution is 6.35. The number of carbonyl (C=O) groups is 2. The average Bonchev–Trinajstić information content (AvgIpc) is 2.78. The number of aldehydes is 1. The van der Waals surface area contributed by atoms with Crippen LogP contribution in [-0.2, 0) is 19.0 Å². The largest absolute Gasteiger partial charge is 0.347 e. The number of carbonyl (C=O) groups excluding carboxylic acids is 2. The lowest BCUT2D eigenvalue weighted by Crippen LogP contribution is -2.25. The molecule has 5 nitrogen and oxygen atoms in total. The van der Waals surface area contributed by atoms with Gasteiger partial charge in [-0.15, -0.1) is 0 Å². The minimum absolute atomic E-state index is 0.0637. The summed E-state index contributed by atoms with van der Waals surface area (Å²) < 4.78 is 1.31. The zero-order valence-electron chi connectivity index (χ0n) is 13.7. The first-order valence-electron chi connectivity index (χ1n) is 7.29. The molecule has 0 aliphatic rings. The van der Waals surface area contributed by atoms with Gasteiger partial charge in [0, 0.05) is 13.6 Å². The zero-order chi connectivity index (χ0) is 17.2. The number of halogens is 1. The van der Waals surface area contributed by atoms with Crippen molar-refractivity contribution in [3.63, 3.8) is 0 Å². The first-order chi connectivity index (χ1) is 10.7. The van der Waals surface area contributed by atoms with Crippen molar-refractivity contribution in [2.24, 2.45) is 7.05 Å². The summed E-state index contributed by atoms with van der Waals surface area (Å²) in [6, 6.07) is 8.09. The lowest BCUT2D eigenvalue weighted by atomic mass is 9.87. The van der Waals surface area contributed by atoms with Crippen molar-refractivity contribution in [2.75, 3.05) is 0 Å². The predicted molar refractivity (Wildman–Crippen MR) is 89.9 cm³/mol. The quantitative estimate of drug-likeness (QED) is 0.874. The number of nitrogens with one attached hydrogen (secondary N) is 1. The molecule has 1 aromatic carbocycles. The summed E-state index contributed by atoms with van der Waals surface area (Å²) in [4.78, 5) is 23.1. The van der Waals surface area contributed by atoms with Crippen LogP contribution in [0, 0.1) is 0 Å². The van der Waals surface area contributed by atoms with Gasteiger partial charge in [-0.1, -0.05) is 56.6 Å². The van der Waals surface area contributed by atoms with Gasteiger partial charge in [0.15, 0.2) is 6.29 Å². The molecule has 0 saturated carbocycles. The molecule has 1 N–H and O–H groups in total. The number of hydrogen-bond donors (Lipinski definition) is 1. The summed E-state index contributed by atoms with van der Waals surface area (Å²) in [6.45, 7) is 6.83. The number of aryl methyl sites for hydroxylation is 1. The fourth-order valence-electron chi connectivity index (χ4n) is 2.23. The maximum absolute atomic E-state index is 12.2. The Morgan fingerprint density at radius 2 is 1.91 bits per heavy atom. The molecule has 122 valence electrons. The van der Waals surface area contributed by atoms with Crippen LogP contribution < -0.4 is 5.32 Å². The van der Waals surface area contributed by atoms with Gasteiger partial charge in [-0.2, -0.15) is 5.10 Å². The van der Waals surface area contributed by atoms with E-state index in [2.05, 4.69) is 43.3 Å². The van der Waals surface area contributed by atoms with E-state index in [4.69, 9.17) is 11.6 Å². The van der Waals surface area contributed by atoms with E-state index < -0.39 is 0 Å².